The Morgan fingerprint density at radius 3 is 2.75 bits per heavy atom. The Hall–Kier alpha value is -1.24. The lowest BCUT2D eigenvalue weighted by Gasteiger charge is -2.22. The summed E-state index contributed by atoms with van der Waals surface area (Å²) in [5.41, 5.74) is 3.84. The first kappa shape index (κ1) is 11.3. The van der Waals surface area contributed by atoms with Gasteiger partial charge in [0, 0.05) is 18.1 Å². The van der Waals surface area contributed by atoms with Gasteiger partial charge in [-0.1, -0.05) is 31.1 Å². The zero-order valence-electron chi connectivity index (χ0n) is 10.4. The summed E-state index contributed by atoms with van der Waals surface area (Å²) in [6.45, 7) is 8.43. The van der Waals surface area contributed by atoms with Gasteiger partial charge in [0.15, 0.2) is 0 Å². The van der Waals surface area contributed by atoms with Gasteiger partial charge in [0.05, 0.1) is 0 Å². The lowest BCUT2D eigenvalue weighted by atomic mass is 10.00. The van der Waals surface area contributed by atoms with Crippen LogP contribution in [0.1, 0.15) is 39.5 Å². The van der Waals surface area contributed by atoms with Crippen molar-refractivity contribution < 1.29 is 0 Å². The van der Waals surface area contributed by atoms with Gasteiger partial charge in [-0.05, 0) is 44.3 Å². The summed E-state index contributed by atoms with van der Waals surface area (Å²) >= 11 is 0. The van der Waals surface area contributed by atoms with Gasteiger partial charge in [0.2, 0.25) is 0 Å². The van der Waals surface area contributed by atoms with E-state index in [1.165, 1.54) is 36.8 Å². The minimum absolute atomic E-state index is 0.799. The SMILES string of the molecule is C=C1C=CC(C)=CN1/C=C(\C)C1CCCC1. The van der Waals surface area contributed by atoms with Crippen LogP contribution in [0.3, 0.4) is 0 Å². The lowest BCUT2D eigenvalue weighted by Crippen LogP contribution is -2.12. The van der Waals surface area contributed by atoms with Crippen molar-refractivity contribution in [1.82, 2.24) is 4.90 Å². The van der Waals surface area contributed by atoms with E-state index in [-0.39, 0.29) is 0 Å². The molecule has 0 unspecified atom stereocenters. The van der Waals surface area contributed by atoms with E-state index in [0.29, 0.717) is 0 Å². The molecule has 0 bridgehead atoms. The molecule has 0 amide bonds. The van der Waals surface area contributed by atoms with Crippen molar-refractivity contribution in [3.8, 4) is 0 Å². The summed E-state index contributed by atoms with van der Waals surface area (Å²) < 4.78 is 0. The predicted molar refractivity (Wildman–Crippen MR) is 69.6 cm³/mol. The number of hydrogen-bond acceptors (Lipinski definition) is 1. The molecule has 0 radical (unpaired) electrons. The normalized spacial score (nSPS) is 22.9. The van der Waals surface area contributed by atoms with Crippen LogP contribution in [-0.4, -0.2) is 4.90 Å². The largest absolute Gasteiger partial charge is 0.324 e. The second-order valence-corrected chi connectivity index (χ2v) is 4.96. The van der Waals surface area contributed by atoms with Crippen LogP contribution in [0.2, 0.25) is 0 Å². The molecule has 2 aliphatic rings. The third kappa shape index (κ3) is 2.46. The first-order valence-corrected chi connectivity index (χ1v) is 6.19. The van der Waals surface area contributed by atoms with Gasteiger partial charge in [-0.3, -0.25) is 0 Å². The number of rotatable bonds is 2. The molecule has 1 aliphatic heterocycles. The second kappa shape index (κ2) is 4.73. The molecule has 1 heterocycles. The van der Waals surface area contributed by atoms with Crippen LogP contribution >= 0.6 is 0 Å². The van der Waals surface area contributed by atoms with Crippen molar-refractivity contribution in [2.75, 3.05) is 0 Å². The maximum Gasteiger partial charge on any atom is 0.0377 e. The zero-order chi connectivity index (χ0) is 11.5. The average molecular weight is 215 g/mol. The van der Waals surface area contributed by atoms with Gasteiger partial charge in [0.25, 0.3) is 0 Å². The maximum absolute atomic E-state index is 4.06. The average Bonchev–Trinajstić information content (AvgIpc) is 2.76. The van der Waals surface area contributed by atoms with Crippen LogP contribution < -0.4 is 0 Å². The predicted octanol–water partition coefficient (Wildman–Crippen LogP) is 4.37. The highest BCUT2D eigenvalue weighted by Gasteiger charge is 2.17. The minimum Gasteiger partial charge on any atom is -0.324 e. The molecule has 0 N–H and O–H groups in total. The molecule has 1 fully saturated rings. The summed E-state index contributed by atoms with van der Waals surface area (Å²) in [5, 5.41) is 0. The molecule has 1 nitrogen and oxygen atoms in total. The van der Waals surface area contributed by atoms with E-state index in [4.69, 9.17) is 0 Å². The molecule has 0 aromatic heterocycles. The smallest absolute Gasteiger partial charge is 0.0377 e. The summed E-state index contributed by atoms with van der Waals surface area (Å²) in [7, 11) is 0. The van der Waals surface area contributed by atoms with Crippen molar-refractivity contribution >= 4 is 0 Å². The topological polar surface area (TPSA) is 3.24 Å². The third-order valence-electron chi connectivity index (χ3n) is 3.55. The van der Waals surface area contributed by atoms with Crippen LogP contribution in [-0.2, 0) is 0 Å². The van der Waals surface area contributed by atoms with Crippen LogP contribution in [0, 0.1) is 5.92 Å². The molecule has 1 heteroatoms. The number of nitrogens with zero attached hydrogens (tertiary/aromatic N) is 1. The van der Waals surface area contributed by atoms with Crippen LogP contribution in [0.5, 0.6) is 0 Å². The van der Waals surface area contributed by atoms with E-state index < -0.39 is 0 Å². The highest BCUT2D eigenvalue weighted by atomic mass is 15.1. The third-order valence-corrected chi connectivity index (χ3v) is 3.55. The fourth-order valence-corrected chi connectivity index (χ4v) is 2.49. The standard InChI is InChI=1S/C15H21N/c1-12-8-9-14(3)16(10-12)11-13(2)15-6-4-5-7-15/h8-11,15H,3-7H2,1-2H3/b13-11+. The summed E-state index contributed by atoms with van der Waals surface area (Å²) in [5.74, 6) is 0.799. The number of allylic oxidation sites excluding steroid dienone is 4. The molecule has 0 aromatic rings. The molecule has 0 spiro atoms. The van der Waals surface area contributed by atoms with Gasteiger partial charge in [0.1, 0.15) is 0 Å². The van der Waals surface area contributed by atoms with Crippen molar-refractivity contribution in [3.63, 3.8) is 0 Å². The summed E-state index contributed by atoms with van der Waals surface area (Å²) in [6.07, 6.45) is 14.1. The summed E-state index contributed by atoms with van der Waals surface area (Å²) in [6, 6.07) is 0. The minimum atomic E-state index is 0.799. The number of hydrogen-bond donors (Lipinski definition) is 0. The molecule has 0 aromatic carbocycles. The van der Waals surface area contributed by atoms with Crippen molar-refractivity contribution in [2.45, 2.75) is 39.5 Å². The van der Waals surface area contributed by atoms with E-state index in [1.807, 2.05) is 0 Å². The summed E-state index contributed by atoms with van der Waals surface area (Å²) in [4.78, 5) is 2.16. The first-order valence-electron chi connectivity index (χ1n) is 6.19. The zero-order valence-corrected chi connectivity index (χ0v) is 10.4. The van der Waals surface area contributed by atoms with Crippen molar-refractivity contribution in [1.29, 1.82) is 0 Å². The Balaban J connectivity index is 2.10. The van der Waals surface area contributed by atoms with Crippen LogP contribution in [0.15, 0.2) is 48.0 Å². The van der Waals surface area contributed by atoms with Crippen molar-refractivity contribution in [3.05, 3.63) is 48.0 Å². The second-order valence-electron chi connectivity index (χ2n) is 4.96. The first-order chi connectivity index (χ1) is 7.66. The van der Waals surface area contributed by atoms with Gasteiger partial charge < -0.3 is 4.90 Å². The Morgan fingerprint density at radius 1 is 1.38 bits per heavy atom. The molecular formula is C15H21N. The quantitative estimate of drug-likeness (QED) is 0.661. The molecule has 16 heavy (non-hydrogen) atoms. The highest BCUT2D eigenvalue weighted by Crippen LogP contribution is 2.31. The van der Waals surface area contributed by atoms with E-state index in [9.17, 15) is 0 Å². The molecule has 0 atom stereocenters. The lowest BCUT2D eigenvalue weighted by molar-refractivity contribution is 0.585. The van der Waals surface area contributed by atoms with Gasteiger partial charge in [-0.15, -0.1) is 0 Å². The molecule has 0 saturated heterocycles. The van der Waals surface area contributed by atoms with E-state index in [0.717, 1.165) is 11.6 Å². The Bertz CT molecular complexity index is 365. The van der Waals surface area contributed by atoms with E-state index in [2.05, 4.69) is 49.9 Å². The van der Waals surface area contributed by atoms with Crippen LogP contribution in [0.25, 0.3) is 0 Å². The highest BCUT2D eigenvalue weighted by molar-refractivity contribution is 5.33. The molecule has 2 rings (SSSR count). The Morgan fingerprint density at radius 2 is 2.06 bits per heavy atom. The Kier molecular flexibility index (Phi) is 3.33. The molecular weight excluding hydrogens is 194 g/mol. The monoisotopic (exact) mass is 215 g/mol. The van der Waals surface area contributed by atoms with Gasteiger partial charge in [-0.2, -0.15) is 0 Å². The Labute approximate surface area is 98.8 Å². The van der Waals surface area contributed by atoms with Gasteiger partial charge >= 0.3 is 0 Å². The molecule has 1 saturated carbocycles. The fourth-order valence-electron chi connectivity index (χ4n) is 2.49. The van der Waals surface area contributed by atoms with E-state index >= 15 is 0 Å². The van der Waals surface area contributed by atoms with Gasteiger partial charge in [-0.25, -0.2) is 0 Å². The van der Waals surface area contributed by atoms with Crippen LogP contribution in [0.4, 0.5) is 0 Å². The molecule has 1 aliphatic carbocycles. The molecule has 86 valence electrons. The maximum atomic E-state index is 4.06. The van der Waals surface area contributed by atoms with Crippen molar-refractivity contribution in [2.24, 2.45) is 5.92 Å². The fraction of sp³-hybridized carbons (Fsp3) is 0.467. The van der Waals surface area contributed by atoms with E-state index in [1.54, 1.807) is 0 Å².